The van der Waals surface area contributed by atoms with Gasteiger partial charge in [0.05, 0.1) is 12.1 Å². The molecule has 12 heavy (non-hydrogen) atoms. The zero-order valence-electron chi connectivity index (χ0n) is 6.33. The molecule has 0 unspecified atom stereocenters. The van der Waals surface area contributed by atoms with Crippen molar-refractivity contribution < 1.29 is 9.53 Å². The highest BCUT2D eigenvalue weighted by Gasteiger charge is 2.07. The molecule has 1 aromatic heterocycles. The van der Waals surface area contributed by atoms with Gasteiger partial charge < -0.3 is 9.72 Å². The van der Waals surface area contributed by atoms with Crippen molar-refractivity contribution in [1.29, 1.82) is 5.26 Å². The molecule has 0 amide bonds. The van der Waals surface area contributed by atoms with Crippen LogP contribution in [0.1, 0.15) is 10.5 Å². The minimum absolute atomic E-state index is 0.357. The van der Waals surface area contributed by atoms with Gasteiger partial charge in [-0.05, 0) is 12.1 Å². The Bertz CT molecular complexity index is 326. The molecule has 0 saturated heterocycles. The summed E-state index contributed by atoms with van der Waals surface area (Å²) in [6.07, 6.45) is 0. The van der Waals surface area contributed by atoms with E-state index in [2.05, 4.69) is 9.72 Å². The number of esters is 1. The third kappa shape index (κ3) is 1.80. The Balaban J connectivity index is 2.78. The smallest absolute Gasteiger partial charge is 0.354 e. The predicted octanol–water partition coefficient (Wildman–Crippen LogP) is 1.37. The number of nitriles is 1. The zero-order valence-corrected chi connectivity index (χ0v) is 7.14. The van der Waals surface area contributed by atoms with Gasteiger partial charge in [-0.25, -0.2) is 4.79 Å². The molecule has 0 fully saturated rings. The average molecular weight is 182 g/mol. The number of thiocyanates is 1. The maximum Gasteiger partial charge on any atom is 0.354 e. The number of nitrogens with zero attached hydrogens (tertiary/aromatic N) is 1. The van der Waals surface area contributed by atoms with Crippen LogP contribution in [0.3, 0.4) is 0 Å². The highest BCUT2D eigenvalue weighted by Crippen LogP contribution is 2.15. The largest absolute Gasteiger partial charge is 0.464 e. The molecule has 0 atom stereocenters. The van der Waals surface area contributed by atoms with Crippen LogP contribution in [0, 0.1) is 10.7 Å². The molecule has 4 nitrogen and oxygen atoms in total. The number of methoxy groups -OCH3 is 1. The molecule has 1 aromatic rings. The molecular formula is C7H6N2O2S. The number of aromatic nitrogens is 1. The van der Waals surface area contributed by atoms with E-state index in [4.69, 9.17) is 5.26 Å². The Labute approximate surface area is 73.5 Å². The number of aromatic amines is 1. The van der Waals surface area contributed by atoms with Crippen LogP contribution in [0.4, 0.5) is 0 Å². The summed E-state index contributed by atoms with van der Waals surface area (Å²) in [6, 6.07) is 3.23. The second-order valence-electron chi connectivity index (χ2n) is 1.92. The Hall–Kier alpha value is -1.41. The van der Waals surface area contributed by atoms with Gasteiger partial charge in [0.2, 0.25) is 0 Å². The third-order valence-electron chi connectivity index (χ3n) is 1.22. The van der Waals surface area contributed by atoms with Crippen molar-refractivity contribution in [1.82, 2.24) is 4.98 Å². The second-order valence-corrected chi connectivity index (χ2v) is 2.75. The monoisotopic (exact) mass is 182 g/mol. The van der Waals surface area contributed by atoms with Crippen molar-refractivity contribution in [3.05, 3.63) is 17.8 Å². The van der Waals surface area contributed by atoms with Crippen molar-refractivity contribution in [2.24, 2.45) is 0 Å². The van der Waals surface area contributed by atoms with Crippen LogP contribution in [0.2, 0.25) is 0 Å². The van der Waals surface area contributed by atoms with Gasteiger partial charge in [0, 0.05) is 11.8 Å². The summed E-state index contributed by atoms with van der Waals surface area (Å²) in [5.74, 6) is -0.431. The van der Waals surface area contributed by atoms with Crippen LogP contribution in [0.25, 0.3) is 0 Å². The first kappa shape index (κ1) is 8.68. The standard InChI is InChI=1S/C7H6N2O2S/c1-11-7(10)5-2-3-6(9-5)12-4-8/h2-3,9H,1H3. The van der Waals surface area contributed by atoms with Gasteiger partial charge in [-0.2, -0.15) is 5.26 Å². The molecule has 0 saturated carbocycles. The topological polar surface area (TPSA) is 65.9 Å². The van der Waals surface area contributed by atoms with E-state index in [-0.39, 0.29) is 0 Å². The molecule has 5 heteroatoms. The van der Waals surface area contributed by atoms with E-state index in [0.29, 0.717) is 10.7 Å². The van der Waals surface area contributed by atoms with Crippen LogP contribution in [-0.2, 0) is 4.74 Å². The maximum absolute atomic E-state index is 10.9. The minimum Gasteiger partial charge on any atom is -0.464 e. The number of H-pyrrole nitrogens is 1. The van der Waals surface area contributed by atoms with Crippen molar-refractivity contribution in [2.75, 3.05) is 7.11 Å². The number of hydrogen-bond donors (Lipinski definition) is 1. The highest BCUT2D eigenvalue weighted by atomic mass is 32.2. The lowest BCUT2D eigenvalue weighted by Gasteiger charge is -1.92. The number of hydrogen-bond acceptors (Lipinski definition) is 4. The lowest BCUT2D eigenvalue weighted by Crippen LogP contribution is -2.00. The summed E-state index contributed by atoms with van der Waals surface area (Å²) in [7, 11) is 1.31. The SMILES string of the molecule is COC(=O)c1ccc(SC#N)[nH]1. The lowest BCUT2D eigenvalue weighted by atomic mass is 10.4. The Morgan fingerprint density at radius 2 is 2.50 bits per heavy atom. The normalized spacial score (nSPS) is 9.00. The van der Waals surface area contributed by atoms with Gasteiger partial charge >= 0.3 is 5.97 Å². The summed E-state index contributed by atoms with van der Waals surface area (Å²) < 4.78 is 4.47. The van der Waals surface area contributed by atoms with E-state index >= 15 is 0 Å². The fourth-order valence-electron chi connectivity index (χ4n) is 0.713. The fourth-order valence-corrected chi connectivity index (χ4v) is 1.11. The van der Waals surface area contributed by atoms with E-state index in [9.17, 15) is 4.79 Å². The summed E-state index contributed by atoms with van der Waals surface area (Å²) in [5, 5.41) is 10.8. The van der Waals surface area contributed by atoms with E-state index < -0.39 is 5.97 Å². The molecule has 0 spiro atoms. The maximum atomic E-state index is 10.9. The number of thioether (sulfide) groups is 1. The van der Waals surface area contributed by atoms with Crippen LogP contribution in [0.15, 0.2) is 17.2 Å². The van der Waals surface area contributed by atoms with Crippen molar-refractivity contribution >= 4 is 17.7 Å². The van der Waals surface area contributed by atoms with E-state index in [1.807, 2.05) is 5.40 Å². The first-order chi connectivity index (χ1) is 5.77. The van der Waals surface area contributed by atoms with Crippen molar-refractivity contribution in [3.8, 4) is 5.40 Å². The highest BCUT2D eigenvalue weighted by molar-refractivity contribution is 8.03. The fraction of sp³-hybridized carbons (Fsp3) is 0.143. The Kier molecular flexibility index (Phi) is 2.77. The Morgan fingerprint density at radius 1 is 1.75 bits per heavy atom. The molecule has 0 bridgehead atoms. The van der Waals surface area contributed by atoms with E-state index in [1.165, 1.54) is 7.11 Å². The number of rotatable bonds is 2. The quantitative estimate of drug-likeness (QED) is 0.426. The third-order valence-corrected chi connectivity index (χ3v) is 1.77. The molecule has 0 aromatic carbocycles. The average Bonchev–Trinajstić information content (AvgIpc) is 2.52. The van der Waals surface area contributed by atoms with Crippen LogP contribution in [-0.4, -0.2) is 18.1 Å². The molecule has 1 heterocycles. The van der Waals surface area contributed by atoms with Crippen LogP contribution in [0.5, 0.6) is 0 Å². The number of carbonyl (C=O) groups excluding carboxylic acids is 1. The molecule has 0 aliphatic heterocycles. The van der Waals surface area contributed by atoms with Gasteiger partial charge in [-0.1, -0.05) is 0 Å². The molecule has 0 radical (unpaired) electrons. The molecule has 62 valence electrons. The van der Waals surface area contributed by atoms with Gasteiger partial charge in [0.15, 0.2) is 0 Å². The van der Waals surface area contributed by atoms with E-state index in [1.54, 1.807) is 12.1 Å². The first-order valence-electron chi connectivity index (χ1n) is 3.11. The number of carbonyl (C=O) groups is 1. The van der Waals surface area contributed by atoms with Crippen molar-refractivity contribution in [3.63, 3.8) is 0 Å². The molecule has 1 N–H and O–H groups in total. The summed E-state index contributed by atoms with van der Waals surface area (Å²) in [4.78, 5) is 13.6. The molecule has 1 rings (SSSR count). The number of nitrogens with one attached hydrogen (secondary N) is 1. The molecule has 0 aliphatic carbocycles. The van der Waals surface area contributed by atoms with Gasteiger partial charge in [0.1, 0.15) is 11.1 Å². The van der Waals surface area contributed by atoms with Crippen molar-refractivity contribution in [2.45, 2.75) is 5.03 Å². The zero-order chi connectivity index (χ0) is 8.97. The minimum atomic E-state index is -0.431. The summed E-state index contributed by atoms with van der Waals surface area (Å²) in [5.41, 5.74) is 0.357. The van der Waals surface area contributed by atoms with Crippen LogP contribution < -0.4 is 0 Å². The molecule has 0 aliphatic rings. The molecular weight excluding hydrogens is 176 g/mol. The van der Waals surface area contributed by atoms with Gasteiger partial charge in [-0.3, -0.25) is 0 Å². The first-order valence-corrected chi connectivity index (χ1v) is 3.93. The second kappa shape index (κ2) is 3.83. The van der Waals surface area contributed by atoms with E-state index in [0.717, 1.165) is 11.8 Å². The van der Waals surface area contributed by atoms with Crippen LogP contribution >= 0.6 is 11.8 Å². The van der Waals surface area contributed by atoms with Gasteiger partial charge in [0.25, 0.3) is 0 Å². The van der Waals surface area contributed by atoms with Gasteiger partial charge in [-0.15, -0.1) is 0 Å². The predicted molar refractivity (Wildman–Crippen MR) is 43.6 cm³/mol. The Morgan fingerprint density at radius 3 is 3.08 bits per heavy atom. The summed E-state index contributed by atoms with van der Waals surface area (Å²) >= 11 is 0.966. The number of ether oxygens (including phenoxy) is 1. The summed E-state index contributed by atoms with van der Waals surface area (Å²) in [6.45, 7) is 0. The lowest BCUT2D eigenvalue weighted by molar-refractivity contribution is 0.0594.